The van der Waals surface area contributed by atoms with Gasteiger partial charge in [0.25, 0.3) is 0 Å². The molecule has 0 spiro atoms. The number of aliphatic carboxylic acids is 1. The summed E-state index contributed by atoms with van der Waals surface area (Å²) in [7, 11) is 0. The fourth-order valence-corrected chi connectivity index (χ4v) is 0.443. The smallest absolute Gasteiger partial charge is 0.417 e. The first-order valence-corrected chi connectivity index (χ1v) is 4.20. The predicted octanol–water partition coefficient (Wildman–Crippen LogP) is 0.250. The summed E-state index contributed by atoms with van der Waals surface area (Å²) in [4.78, 5) is 19.5. The summed E-state index contributed by atoms with van der Waals surface area (Å²) >= 11 is 0. The molecule has 78 valence electrons. The number of carboxylic acids is 1. The van der Waals surface area contributed by atoms with E-state index in [1.54, 1.807) is 6.92 Å². The summed E-state index contributed by atoms with van der Waals surface area (Å²) < 4.78 is 4.06. The van der Waals surface area contributed by atoms with Crippen LogP contribution in [0.25, 0.3) is 0 Å². The van der Waals surface area contributed by atoms with Crippen LogP contribution >= 0.6 is 0 Å². The summed E-state index contributed by atoms with van der Waals surface area (Å²) in [6.07, 6.45) is 0. The zero-order chi connectivity index (χ0) is 10.7. The molecule has 5 nitrogen and oxygen atoms in total. The van der Waals surface area contributed by atoms with Gasteiger partial charge in [0.05, 0.1) is 6.61 Å². The Balaban J connectivity index is 0. The maximum Gasteiger partial charge on any atom is 0.417 e. The van der Waals surface area contributed by atoms with Crippen molar-refractivity contribution < 1.29 is 19.4 Å². The molecule has 0 aliphatic rings. The monoisotopic (exact) mass is 191 g/mol. The lowest BCUT2D eigenvalue weighted by molar-refractivity contribution is -0.163. The summed E-state index contributed by atoms with van der Waals surface area (Å²) in [5.74, 6) is -2.75. The van der Waals surface area contributed by atoms with Crippen molar-refractivity contribution in [2.45, 2.75) is 20.8 Å². The van der Waals surface area contributed by atoms with Crippen molar-refractivity contribution in [1.82, 2.24) is 5.32 Å². The van der Waals surface area contributed by atoms with Crippen molar-refractivity contribution in [1.29, 1.82) is 0 Å². The summed E-state index contributed by atoms with van der Waals surface area (Å²) in [6.45, 7) is 8.03. The minimum Gasteiger partial charge on any atom is -0.473 e. The summed E-state index contributed by atoms with van der Waals surface area (Å²) in [5.41, 5.74) is 0. The molecule has 0 unspecified atom stereocenters. The molecule has 0 atom stereocenters. The molecule has 0 aromatic carbocycles. The zero-order valence-corrected chi connectivity index (χ0v) is 8.29. The molecule has 0 aromatic heterocycles. The number of rotatable bonds is 3. The molecule has 0 fully saturated rings. The largest absolute Gasteiger partial charge is 0.473 e. The van der Waals surface area contributed by atoms with Crippen LogP contribution in [0.3, 0.4) is 0 Å². The quantitative estimate of drug-likeness (QED) is 0.494. The van der Waals surface area contributed by atoms with Crippen LogP contribution in [0.2, 0.25) is 0 Å². The molecular weight excluding hydrogens is 174 g/mol. The normalized spacial score (nSPS) is 8.23. The molecule has 0 rings (SSSR count). The van der Waals surface area contributed by atoms with Gasteiger partial charge in [0.2, 0.25) is 0 Å². The van der Waals surface area contributed by atoms with Gasteiger partial charge in [-0.15, -0.1) is 0 Å². The molecule has 0 aliphatic heterocycles. The third-order valence-corrected chi connectivity index (χ3v) is 0.950. The van der Waals surface area contributed by atoms with Gasteiger partial charge in [-0.1, -0.05) is 13.8 Å². The van der Waals surface area contributed by atoms with Crippen LogP contribution < -0.4 is 5.32 Å². The highest BCUT2D eigenvalue weighted by Crippen LogP contribution is 1.74. The van der Waals surface area contributed by atoms with Gasteiger partial charge in [-0.3, -0.25) is 0 Å². The SMILES string of the molecule is CCNCC.CCOC(=O)C(=O)O. The highest BCUT2D eigenvalue weighted by atomic mass is 16.6. The van der Waals surface area contributed by atoms with Gasteiger partial charge in [0.15, 0.2) is 0 Å². The second-order valence-corrected chi connectivity index (χ2v) is 1.98. The lowest BCUT2D eigenvalue weighted by atomic mass is 10.7. The Bertz CT molecular complexity index is 145. The van der Waals surface area contributed by atoms with Crippen molar-refractivity contribution >= 4 is 11.9 Å². The fourth-order valence-electron chi connectivity index (χ4n) is 0.443. The second-order valence-electron chi connectivity index (χ2n) is 1.98. The van der Waals surface area contributed by atoms with Crippen LogP contribution in [0.1, 0.15) is 20.8 Å². The number of hydrogen-bond acceptors (Lipinski definition) is 4. The number of esters is 1. The van der Waals surface area contributed by atoms with E-state index in [-0.39, 0.29) is 6.61 Å². The number of carbonyl (C=O) groups excluding carboxylic acids is 1. The van der Waals surface area contributed by atoms with Gasteiger partial charge in [-0.25, -0.2) is 9.59 Å². The van der Waals surface area contributed by atoms with Crippen molar-refractivity contribution in [3.63, 3.8) is 0 Å². The molecular formula is C8H17NO4. The minimum absolute atomic E-state index is 0.102. The average molecular weight is 191 g/mol. The molecule has 13 heavy (non-hydrogen) atoms. The van der Waals surface area contributed by atoms with Gasteiger partial charge in [-0.05, 0) is 20.0 Å². The van der Waals surface area contributed by atoms with Crippen LogP contribution in [0.15, 0.2) is 0 Å². The van der Waals surface area contributed by atoms with Crippen LogP contribution in [-0.4, -0.2) is 36.7 Å². The Morgan fingerprint density at radius 2 is 1.69 bits per heavy atom. The first-order valence-electron chi connectivity index (χ1n) is 4.20. The van der Waals surface area contributed by atoms with E-state index in [1.165, 1.54) is 0 Å². The number of nitrogens with one attached hydrogen (secondary N) is 1. The number of carbonyl (C=O) groups is 2. The Hall–Kier alpha value is -1.10. The highest BCUT2D eigenvalue weighted by Gasteiger charge is 2.09. The third kappa shape index (κ3) is 13.8. The van der Waals surface area contributed by atoms with Gasteiger partial charge < -0.3 is 15.2 Å². The molecule has 0 heterocycles. The molecule has 0 radical (unpaired) electrons. The Kier molecular flexibility index (Phi) is 12.1. The Morgan fingerprint density at radius 3 is 1.77 bits per heavy atom. The van der Waals surface area contributed by atoms with E-state index in [0.717, 1.165) is 13.1 Å². The standard InChI is InChI=1S/C4H11N.C4H6O4/c1-3-5-4-2;1-2-8-4(7)3(5)6/h5H,3-4H2,1-2H3;2H2,1H3,(H,5,6). The molecule has 0 aromatic rings. The second kappa shape index (κ2) is 10.9. The Morgan fingerprint density at radius 1 is 1.23 bits per heavy atom. The van der Waals surface area contributed by atoms with Gasteiger partial charge >= 0.3 is 11.9 Å². The number of hydrogen-bond donors (Lipinski definition) is 2. The van der Waals surface area contributed by atoms with Crippen LogP contribution in [0, 0.1) is 0 Å². The number of carboxylic acid groups (broad SMARTS) is 1. The molecule has 0 bridgehead atoms. The van der Waals surface area contributed by atoms with E-state index >= 15 is 0 Å². The van der Waals surface area contributed by atoms with Crippen molar-refractivity contribution in [2.75, 3.05) is 19.7 Å². The van der Waals surface area contributed by atoms with E-state index in [0.29, 0.717) is 0 Å². The lowest BCUT2D eigenvalue weighted by Gasteiger charge is -1.91. The molecule has 0 amide bonds. The van der Waals surface area contributed by atoms with Crippen LogP contribution in [-0.2, 0) is 14.3 Å². The highest BCUT2D eigenvalue weighted by molar-refractivity contribution is 6.28. The summed E-state index contributed by atoms with van der Waals surface area (Å²) in [5, 5.41) is 10.9. The third-order valence-electron chi connectivity index (χ3n) is 0.950. The topological polar surface area (TPSA) is 75.6 Å². The lowest BCUT2D eigenvalue weighted by Crippen LogP contribution is -2.15. The zero-order valence-electron chi connectivity index (χ0n) is 8.29. The van der Waals surface area contributed by atoms with Gasteiger partial charge in [-0.2, -0.15) is 0 Å². The van der Waals surface area contributed by atoms with E-state index in [9.17, 15) is 9.59 Å². The van der Waals surface area contributed by atoms with Crippen molar-refractivity contribution in [3.05, 3.63) is 0 Å². The van der Waals surface area contributed by atoms with Gasteiger partial charge in [0.1, 0.15) is 0 Å². The van der Waals surface area contributed by atoms with Crippen molar-refractivity contribution in [2.24, 2.45) is 0 Å². The maximum absolute atomic E-state index is 9.92. The van der Waals surface area contributed by atoms with E-state index in [4.69, 9.17) is 5.11 Å². The van der Waals surface area contributed by atoms with E-state index < -0.39 is 11.9 Å². The van der Waals surface area contributed by atoms with Crippen LogP contribution in [0.4, 0.5) is 0 Å². The van der Waals surface area contributed by atoms with Crippen molar-refractivity contribution in [3.8, 4) is 0 Å². The average Bonchev–Trinajstić information content (AvgIpc) is 2.07. The molecule has 2 N–H and O–H groups in total. The minimum atomic E-state index is -1.55. The van der Waals surface area contributed by atoms with E-state index in [2.05, 4.69) is 23.9 Å². The summed E-state index contributed by atoms with van der Waals surface area (Å²) in [6, 6.07) is 0. The first-order chi connectivity index (χ1) is 6.09. The molecule has 5 heteroatoms. The van der Waals surface area contributed by atoms with Crippen LogP contribution in [0.5, 0.6) is 0 Å². The maximum atomic E-state index is 9.92. The fraction of sp³-hybridized carbons (Fsp3) is 0.750. The van der Waals surface area contributed by atoms with Gasteiger partial charge in [0, 0.05) is 0 Å². The molecule has 0 aliphatic carbocycles. The number of ether oxygens (including phenoxy) is 1. The molecule has 0 saturated carbocycles. The Labute approximate surface area is 78.1 Å². The predicted molar refractivity (Wildman–Crippen MR) is 48.5 cm³/mol. The van der Waals surface area contributed by atoms with E-state index in [1.807, 2.05) is 0 Å². The molecule has 0 saturated heterocycles. The first kappa shape index (κ1) is 14.4.